The highest BCUT2D eigenvalue weighted by atomic mass is 35.5. The molecule has 0 saturated carbocycles. The Kier molecular flexibility index (Phi) is 4.54. The van der Waals surface area contributed by atoms with Crippen LogP contribution in [0.2, 0.25) is 5.02 Å². The van der Waals surface area contributed by atoms with E-state index in [4.69, 9.17) is 16.7 Å². The van der Waals surface area contributed by atoms with Gasteiger partial charge in [0, 0.05) is 11.1 Å². The standard InChI is InChI=1S/C11H10ClNO3/c12-9-4-1-8(2-5-9)3-6-10(14)13-7-11(15)16/h1-6H,7H2,(H,13,14)(H,15,16)/b6-3-. The van der Waals surface area contributed by atoms with Gasteiger partial charge in [0.15, 0.2) is 0 Å². The first kappa shape index (κ1) is 12.3. The van der Waals surface area contributed by atoms with E-state index in [1.807, 2.05) is 0 Å². The fraction of sp³-hybridized carbons (Fsp3) is 0.0909. The Morgan fingerprint density at radius 2 is 1.94 bits per heavy atom. The summed E-state index contributed by atoms with van der Waals surface area (Å²) in [7, 11) is 0. The first-order chi connectivity index (χ1) is 7.58. The molecule has 0 spiro atoms. The summed E-state index contributed by atoms with van der Waals surface area (Å²) in [5, 5.41) is 11.2. The Bertz CT molecular complexity index is 412. The minimum Gasteiger partial charge on any atom is -0.480 e. The summed E-state index contributed by atoms with van der Waals surface area (Å²) >= 11 is 5.69. The maximum Gasteiger partial charge on any atom is 0.322 e. The summed E-state index contributed by atoms with van der Waals surface area (Å²) in [4.78, 5) is 21.3. The van der Waals surface area contributed by atoms with Crippen molar-refractivity contribution in [1.29, 1.82) is 0 Å². The molecule has 1 aromatic rings. The number of rotatable bonds is 4. The second-order valence-electron chi connectivity index (χ2n) is 3.00. The van der Waals surface area contributed by atoms with E-state index in [1.54, 1.807) is 30.3 Å². The molecule has 1 amide bonds. The number of hydrogen-bond acceptors (Lipinski definition) is 2. The number of benzene rings is 1. The monoisotopic (exact) mass is 239 g/mol. The Morgan fingerprint density at radius 1 is 1.31 bits per heavy atom. The van der Waals surface area contributed by atoms with Crippen LogP contribution in [0.25, 0.3) is 6.08 Å². The lowest BCUT2D eigenvalue weighted by molar-refractivity contribution is -0.137. The van der Waals surface area contributed by atoms with E-state index in [9.17, 15) is 9.59 Å². The number of hydrogen-bond donors (Lipinski definition) is 2. The van der Waals surface area contributed by atoms with Crippen molar-refractivity contribution in [2.45, 2.75) is 0 Å². The van der Waals surface area contributed by atoms with E-state index in [2.05, 4.69) is 5.32 Å². The first-order valence-corrected chi connectivity index (χ1v) is 4.89. The molecule has 84 valence electrons. The minimum atomic E-state index is -1.08. The van der Waals surface area contributed by atoms with Crippen LogP contribution in [0.15, 0.2) is 30.3 Å². The molecule has 16 heavy (non-hydrogen) atoms. The van der Waals surface area contributed by atoms with Crippen molar-refractivity contribution in [3.8, 4) is 0 Å². The van der Waals surface area contributed by atoms with Crippen molar-refractivity contribution >= 4 is 29.6 Å². The van der Waals surface area contributed by atoms with Gasteiger partial charge >= 0.3 is 5.97 Å². The van der Waals surface area contributed by atoms with Crippen LogP contribution in [0.5, 0.6) is 0 Å². The zero-order valence-corrected chi connectivity index (χ0v) is 9.07. The van der Waals surface area contributed by atoms with Gasteiger partial charge in [-0.05, 0) is 23.8 Å². The molecule has 0 saturated heterocycles. The van der Waals surface area contributed by atoms with E-state index in [0.29, 0.717) is 5.02 Å². The summed E-state index contributed by atoms with van der Waals surface area (Å²) in [5.41, 5.74) is 0.815. The fourth-order valence-electron chi connectivity index (χ4n) is 0.967. The molecule has 2 N–H and O–H groups in total. The van der Waals surface area contributed by atoms with Crippen LogP contribution in [0.3, 0.4) is 0 Å². The van der Waals surface area contributed by atoms with E-state index in [-0.39, 0.29) is 6.54 Å². The lowest BCUT2D eigenvalue weighted by Crippen LogP contribution is -2.27. The molecule has 0 aromatic heterocycles. The van der Waals surface area contributed by atoms with Crippen LogP contribution >= 0.6 is 11.6 Å². The maximum atomic E-state index is 11.1. The summed E-state index contributed by atoms with van der Waals surface area (Å²) in [6.07, 6.45) is 2.85. The van der Waals surface area contributed by atoms with Gasteiger partial charge in [-0.15, -0.1) is 0 Å². The third-order valence-corrected chi connectivity index (χ3v) is 1.96. The van der Waals surface area contributed by atoms with Crippen LogP contribution in [-0.2, 0) is 9.59 Å². The molecule has 0 aliphatic rings. The second kappa shape index (κ2) is 5.92. The van der Waals surface area contributed by atoms with Crippen molar-refractivity contribution in [2.75, 3.05) is 6.54 Å². The van der Waals surface area contributed by atoms with Crippen LogP contribution in [0, 0.1) is 0 Å². The second-order valence-corrected chi connectivity index (χ2v) is 3.43. The summed E-state index contributed by atoms with van der Waals surface area (Å²) in [6.45, 7) is -0.385. The van der Waals surface area contributed by atoms with Gasteiger partial charge in [0.25, 0.3) is 0 Å². The average molecular weight is 240 g/mol. The van der Waals surface area contributed by atoms with Gasteiger partial charge in [-0.25, -0.2) is 0 Å². The van der Waals surface area contributed by atoms with Crippen molar-refractivity contribution in [1.82, 2.24) is 5.32 Å². The highest BCUT2D eigenvalue weighted by Gasteiger charge is 1.98. The molecule has 1 aromatic carbocycles. The first-order valence-electron chi connectivity index (χ1n) is 4.51. The number of halogens is 1. The summed E-state index contributed by atoms with van der Waals surface area (Å²) in [5.74, 6) is -1.52. The molecule has 0 atom stereocenters. The summed E-state index contributed by atoms with van der Waals surface area (Å²) < 4.78 is 0. The van der Waals surface area contributed by atoms with Crippen molar-refractivity contribution in [3.63, 3.8) is 0 Å². The highest BCUT2D eigenvalue weighted by molar-refractivity contribution is 6.30. The third-order valence-electron chi connectivity index (χ3n) is 1.71. The number of carboxylic acid groups (broad SMARTS) is 1. The van der Waals surface area contributed by atoms with E-state index >= 15 is 0 Å². The molecule has 4 nitrogen and oxygen atoms in total. The van der Waals surface area contributed by atoms with E-state index < -0.39 is 11.9 Å². The number of amides is 1. The zero-order valence-electron chi connectivity index (χ0n) is 8.31. The Morgan fingerprint density at radius 3 is 2.50 bits per heavy atom. The van der Waals surface area contributed by atoms with Gasteiger partial charge in [-0.3, -0.25) is 9.59 Å². The molecule has 0 bridgehead atoms. The van der Waals surface area contributed by atoms with Crippen LogP contribution in [0.4, 0.5) is 0 Å². The van der Waals surface area contributed by atoms with Gasteiger partial charge in [0.1, 0.15) is 6.54 Å². The minimum absolute atomic E-state index is 0.385. The molecule has 0 aliphatic carbocycles. The molecule has 0 aliphatic heterocycles. The predicted octanol–water partition coefficient (Wildman–Crippen LogP) is 1.55. The SMILES string of the molecule is O=C(O)CNC(=O)/C=C\c1ccc(Cl)cc1. The zero-order chi connectivity index (χ0) is 12.0. The molecule has 0 fully saturated rings. The van der Waals surface area contributed by atoms with Crippen molar-refractivity contribution in [2.24, 2.45) is 0 Å². The molecule has 1 rings (SSSR count). The molecular weight excluding hydrogens is 230 g/mol. The van der Waals surface area contributed by atoms with Crippen molar-refractivity contribution in [3.05, 3.63) is 40.9 Å². The quantitative estimate of drug-likeness (QED) is 0.784. The number of carbonyl (C=O) groups is 2. The average Bonchev–Trinajstić information content (AvgIpc) is 2.25. The molecular formula is C11H10ClNO3. The van der Waals surface area contributed by atoms with Crippen molar-refractivity contribution < 1.29 is 14.7 Å². The largest absolute Gasteiger partial charge is 0.480 e. The van der Waals surface area contributed by atoms with Gasteiger partial charge < -0.3 is 10.4 Å². The van der Waals surface area contributed by atoms with Gasteiger partial charge in [0.2, 0.25) is 5.91 Å². The number of nitrogens with one attached hydrogen (secondary N) is 1. The number of aliphatic carboxylic acids is 1. The van der Waals surface area contributed by atoms with Gasteiger partial charge in [0.05, 0.1) is 0 Å². The smallest absolute Gasteiger partial charge is 0.322 e. The Hall–Kier alpha value is -1.81. The Labute approximate surface area is 97.5 Å². The van der Waals surface area contributed by atoms with Crippen LogP contribution in [0.1, 0.15) is 5.56 Å². The Balaban J connectivity index is 2.50. The third kappa shape index (κ3) is 4.61. The normalized spacial score (nSPS) is 10.3. The topological polar surface area (TPSA) is 66.4 Å². The molecule has 0 heterocycles. The predicted molar refractivity (Wildman–Crippen MR) is 61.1 cm³/mol. The molecule has 0 radical (unpaired) electrons. The lowest BCUT2D eigenvalue weighted by atomic mass is 10.2. The fourth-order valence-corrected chi connectivity index (χ4v) is 1.09. The van der Waals surface area contributed by atoms with E-state index in [1.165, 1.54) is 6.08 Å². The summed E-state index contributed by atoms with van der Waals surface area (Å²) in [6, 6.07) is 6.92. The van der Waals surface area contributed by atoms with E-state index in [0.717, 1.165) is 5.56 Å². The van der Waals surface area contributed by atoms with Gasteiger partial charge in [-0.2, -0.15) is 0 Å². The number of carboxylic acids is 1. The molecule has 0 unspecified atom stereocenters. The maximum absolute atomic E-state index is 11.1. The highest BCUT2D eigenvalue weighted by Crippen LogP contribution is 2.10. The van der Waals surface area contributed by atoms with Crippen LogP contribution in [-0.4, -0.2) is 23.5 Å². The lowest BCUT2D eigenvalue weighted by Gasteiger charge is -1.96. The molecule has 5 heteroatoms. The van der Waals surface area contributed by atoms with Crippen LogP contribution < -0.4 is 5.32 Å². The number of carbonyl (C=O) groups excluding carboxylic acids is 1. The van der Waals surface area contributed by atoms with Gasteiger partial charge in [-0.1, -0.05) is 23.7 Å².